The lowest BCUT2D eigenvalue weighted by Gasteiger charge is -2.27. The van der Waals surface area contributed by atoms with Crippen molar-refractivity contribution in [2.45, 2.75) is 6.92 Å². The molecule has 0 bridgehead atoms. The van der Waals surface area contributed by atoms with Crippen LogP contribution in [0, 0.1) is 12.7 Å². The number of aryl methyl sites for hydroxylation is 1. The molecule has 1 saturated heterocycles. The Morgan fingerprint density at radius 3 is 2.71 bits per heavy atom. The number of morpholine rings is 1. The molecule has 1 aliphatic rings. The van der Waals surface area contributed by atoms with Gasteiger partial charge in [0.1, 0.15) is 0 Å². The fourth-order valence-corrected chi connectivity index (χ4v) is 2.12. The van der Waals surface area contributed by atoms with Crippen molar-refractivity contribution in [1.82, 2.24) is 9.97 Å². The van der Waals surface area contributed by atoms with Crippen LogP contribution >= 0.6 is 0 Å². The predicted molar refractivity (Wildman–Crippen MR) is 76.3 cm³/mol. The van der Waals surface area contributed by atoms with E-state index in [0.29, 0.717) is 25.0 Å². The van der Waals surface area contributed by atoms with Crippen LogP contribution in [0.15, 0.2) is 30.3 Å². The summed E-state index contributed by atoms with van der Waals surface area (Å²) in [5.41, 5.74) is 0.776. The third-order valence-electron chi connectivity index (χ3n) is 3.16. The number of para-hydroxylation sites is 1. The first-order valence-corrected chi connectivity index (χ1v) is 6.83. The van der Waals surface area contributed by atoms with Crippen molar-refractivity contribution in [2.24, 2.45) is 0 Å². The molecule has 21 heavy (non-hydrogen) atoms. The zero-order valence-electron chi connectivity index (χ0n) is 11.8. The van der Waals surface area contributed by atoms with E-state index in [4.69, 9.17) is 9.47 Å². The number of nitrogens with zero attached hydrogens (tertiary/aromatic N) is 3. The molecular formula is C15H16FN3O2. The largest absolute Gasteiger partial charge is 0.436 e. The third-order valence-corrected chi connectivity index (χ3v) is 3.16. The van der Waals surface area contributed by atoms with E-state index >= 15 is 0 Å². The van der Waals surface area contributed by atoms with Crippen molar-refractivity contribution >= 4 is 5.95 Å². The number of hydrogen-bond donors (Lipinski definition) is 0. The molecular weight excluding hydrogens is 273 g/mol. The van der Waals surface area contributed by atoms with Crippen LogP contribution in [0.5, 0.6) is 11.6 Å². The molecule has 0 spiro atoms. The van der Waals surface area contributed by atoms with Gasteiger partial charge in [-0.15, -0.1) is 0 Å². The summed E-state index contributed by atoms with van der Waals surface area (Å²) in [4.78, 5) is 10.8. The van der Waals surface area contributed by atoms with E-state index in [-0.39, 0.29) is 5.75 Å². The standard InChI is InChI=1S/C15H16FN3O2/c1-11-10-14(21-13-5-3-2-4-12(13)16)18-15(17-11)19-6-8-20-9-7-19/h2-5,10H,6-9H2,1H3. The number of anilines is 1. The fraction of sp³-hybridized carbons (Fsp3) is 0.333. The molecule has 1 aromatic heterocycles. The van der Waals surface area contributed by atoms with Gasteiger partial charge in [0, 0.05) is 24.8 Å². The Labute approximate surface area is 122 Å². The van der Waals surface area contributed by atoms with Crippen LogP contribution in [0.3, 0.4) is 0 Å². The molecule has 2 aromatic rings. The van der Waals surface area contributed by atoms with Crippen molar-refractivity contribution in [2.75, 3.05) is 31.2 Å². The molecule has 6 heteroatoms. The molecule has 110 valence electrons. The van der Waals surface area contributed by atoms with Gasteiger partial charge in [-0.2, -0.15) is 4.98 Å². The molecule has 0 N–H and O–H groups in total. The van der Waals surface area contributed by atoms with E-state index in [0.717, 1.165) is 18.8 Å². The van der Waals surface area contributed by atoms with Crippen LogP contribution in [0.25, 0.3) is 0 Å². The minimum atomic E-state index is -0.415. The summed E-state index contributed by atoms with van der Waals surface area (Å²) in [6.45, 7) is 4.65. The Bertz CT molecular complexity index is 630. The molecule has 0 aliphatic carbocycles. The lowest BCUT2D eigenvalue weighted by Crippen LogP contribution is -2.37. The normalized spacial score (nSPS) is 15.0. The van der Waals surface area contributed by atoms with E-state index in [9.17, 15) is 4.39 Å². The van der Waals surface area contributed by atoms with Gasteiger partial charge >= 0.3 is 0 Å². The highest BCUT2D eigenvalue weighted by Crippen LogP contribution is 2.24. The molecule has 2 heterocycles. The Hall–Kier alpha value is -2.21. The van der Waals surface area contributed by atoms with Crippen molar-refractivity contribution in [3.63, 3.8) is 0 Å². The quantitative estimate of drug-likeness (QED) is 0.869. The van der Waals surface area contributed by atoms with Crippen molar-refractivity contribution in [3.05, 3.63) is 41.8 Å². The Balaban J connectivity index is 1.85. The second-order valence-electron chi connectivity index (χ2n) is 4.78. The van der Waals surface area contributed by atoms with Crippen LogP contribution in [0.2, 0.25) is 0 Å². The lowest BCUT2D eigenvalue weighted by molar-refractivity contribution is 0.122. The number of hydrogen-bond acceptors (Lipinski definition) is 5. The molecule has 0 atom stereocenters. The Morgan fingerprint density at radius 1 is 1.19 bits per heavy atom. The second kappa shape index (κ2) is 6.05. The highest BCUT2D eigenvalue weighted by molar-refractivity contribution is 5.37. The van der Waals surface area contributed by atoms with Crippen molar-refractivity contribution < 1.29 is 13.9 Å². The molecule has 0 amide bonds. The first kappa shape index (κ1) is 13.8. The van der Waals surface area contributed by atoms with Crippen molar-refractivity contribution in [1.29, 1.82) is 0 Å². The van der Waals surface area contributed by atoms with Gasteiger partial charge < -0.3 is 14.4 Å². The van der Waals surface area contributed by atoms with Gasteiger partial charge in [-0.3, -0.25) is 0 Å². The first-order chi connectivity index (χ1) is 10.2. The summed E-state index contributed by atoms with van der Waals surface area (Å²) in [6.07, 6.45) is 0. The van der Waals surface area contributed by atoms with Gasteiger partial charge in [-0.05, 0) is 19.1 Å². The number of rotatable bonds is 3. The molecule has 1 fully saturated rings. The maximum Gasteiger partial charge on any atom is 0.229 e. The van der Waals surface area contributed by atoms with Gasteiger partial charge in [0.25, 0.3) is 0 Å². The molecule has 0 radical (unpaired) electrons. The number of halogens is 1. The summed E-state index contributed by atoms with van der Waals surface area (Å²) in [6, 6.07) is 7.95. The van der Waals surface area contributed by atoms with Crippen LogP contribution < -0.4 is 9.64 Å². The maximum atomic E-state index is 13.6. The van der Waals surface area contributed by atoms with E-state index in [2.05, 4.69) is 9.97 Å². The first-order valence-electron chi connectivity index (χ1n) is 6.83. The summed E-state index contributed by atoms with van der Waals surface area (Å²) >= 11 is 0. The van der Waals surface area contributed by atoms with Gasteiger partial charge in [-0.25, -0.2) is 9.37 Å². The topological polar surface area (TPSA) is 47.5 Å². The highest BCUT2D eigenvalue weighted by Gasteiger charge is 2.16. The summed E-state index contributed by atoms with van der Waals surface area (Å²) in [7, 11) is 0. The number of ether oxygens (including phenoxy) is 2. The third kappa shape index (κ3) is 3.28. The van der Waals surface area contributed by atoms with E-state index in [1.54, 1.807) is 24.3 Å². The fourth-order valence-electron chi connectivity index (χ4n) is 2.12. The van der Waals surface area contributed by atoms with Gasteiger partial charge in [0.2, 0.25) is 11.8 Å². The zero-order valence-corrected chi connectivity index (χ0v) is 11.8. The zero-order chi connectivity index (χ0) is 14.7. The summed E-state index contributed by atoms with van der Waals surface area (Å²) in [5, 5.41) is 0. The molecule has 0 unspecified atom stereocenters. The molecule has 1 aliphatic heterocycles. The maximum absolute atomic E-state index is 13.6. The minimum Gasteiger partial charge on any atom is -0.436 e. The van der Waals surface area contributed by atoms with Gasteiger partial charge in [-0.1, -0.05) is 12.1 Å². The average molecular weight is 289 g/mol. The van der Waals surface area contributed by atoms with E-state index in [1.165, 1.54) is 6.07 Å². The lowest BCUT2D eigenvalue weighted by atomic mass is 10.3. The van der Waals surface area contributed by atoms with Gasteiger partial charge in [0.05, 0.1) is 13.2 Å². The van der Waals surface area contributed by atoms with Crippen LogP contribution in [0.4, 0.5) is 10.3 Å². The van der Waals surface area contributed by atoms with Crippen molar-refractivity contribution in [3.8, 4) is 11.6 Å². The molecule has 0 saturated carbocycles. The average Bonchev–Trinajstić information content (AvgIpc) is 2.50. The molecule has 5 nitrogen and oxygen atoms in total. The van der Waals surface area contributed by atoms with E-state index in [1.807, 2.05) is 11.8 Å². The Kier molecular flexibility index (Phi) is 3.96. The van der Waals surface area contributed by atoms with Crippen LogP contribution in [-0.2, 0) is 4.74 Å². The smallest absolute Gasteiger partial charge is 0.229 e. The molecule has 3 rings (SSSR count). The minimum absolute atomic E-state index is 0.156. The van der Waals surface area contributed by atoms with Crippen LogP contribution in [0.1, 0.15) is 5.69 Å². The second-order valence-corrected chi connectivity index (χ2v) is 4.78. The summed E-state index contributed by atoms with van der Waals surface area (Å²) in [5.74, 6) is 0.670. The highest BCUT2D eigenvalue weighted by atomic mass is 19.1. The Morgan fingerprint density at radius 2 is 1.95 bits per heavy atom. The van der Waals surface area contributed by atoms with Crippen LogP contribution in [-0.4, -0.2) is 36.3 Å². The number of benzene rings is 1. The monoisotopic (exact) mass is 289 g/mol. The van der Waals surface area contributed by atoms with E-state index < -0.39 is 5.82 Å². The SMILES string of the molecule is Cc1cc(Oc2ccccc2F)nc(N2CCOCC2)n1. The number of aromatic nitrogens is 2. The summed E-state index contributed by atoms with van der Waals surface area (Å²) < 4.78 is 24.5. The predicted octanol–water partition coefficient (Wildman–Crippen LogP) is 2.55. The molecule has 1 aromatic carbocycles. The van der Waals surface area contributed by atoms with Gasteiger partial charge in [0.15, 0.2) is 11.6 Å².